The van der Waals surface area contributed by atoms with Crippen LogP contribution in [0.2, 0.25) is 0 Å². The van der Waals surface area contributed by atoms with Crippen molar-refractivity contribution in [3.05, 3.63) is 28.8 Å². The lowest BCUT2D eigenvalue weighted by Gasteiger charge is -2.33. The SMILES string of the molecule is CNC1=C(C(F)(F)F)C=NC(N)(c2cn(C3CCCC3OC)nc2C)N1. The first kappa shape index (κ1) is 18.7. The van der Waals surface area contributed by atoms with Crippen molar-refractivity contribution in [2.45, 2.75) is 50.3 Å². The van der Waals surface area contributed by atoms with Crippen molar-refractivity contribution in [1.82, 2.24) is 20.4 Å². The van der Waals surface area contributed by atoms with Crippen LogP contribution in [0, 0.1) is 6.92 Å². The van der Waals surface area contributed by atoms with E-state index in [1.807, 2.05) is 0 Å². The Morgan fingerprint density at radius 1 is 1.42 bits per heavy atom. The summed E-state index contributed by atoms with van der Waals surface area (Å²) < 4.78 is 46.6. The molecule has 1 aliphatic heterocycles. The van der Waals surface area contributed by atoms with E-state index in [1.54, 1.807) is 24.9 Å². The Balaban J connectivity index is 1.93. The lowest BCUT2D eigenvalue weighted by atomic mass is 10.1. The third-order valence-electron chi connectivity index (χ3n) is 4.93. The molecule has 1 saturated carbocycles. The summed E-state index contributed by atoms with van der Waals surface area (Å²) in [4.78, 5) is 3.96. The second kappa shape index (κ2) is 6.58. The Hall–Kier alpha value is -2.07. The van der Waals surface area contributed by atoms with Gasteiger partial charge in [0.05, 0.1) is 23.4 Å². The number of ether oxygens (including phenoxy) is 1. The van der Waals surface area contributed by atoms with E-state index >= 15 is 0 Å². The molecule has 4 N–H and O–H groups in total. The van der Waals surface area contributed by atoms with Crippen molar-refractivity contribution in [3.63, 3.8) is 0 Å². The van der Waals surface area contributed by atoms with E-state index in [1.165, 1.54) is 7.05 Å². The van der Waals surface area contributed by atoms with E-state index < -0.39 is 17.5 Å². The van der Waals surface area contributed by atoms with E-state index in [4.69, 9.17) is 10.5 Å². The number of hydrogen-bond donors (Lipinski definition) is 3. The third-order valence-corrected chi connectivity index (χ3v) is 4.93. The zero-order valence-corrected chi connectivity index (χ0v) is 14.9. The second-order valence-corrected chi connectivity index (χ2v) is 6.57. The summed E-state index contributed by atoms with van der Waals surface area (Å²) in [6.45, 7) is 1.76. The van der Waals surface area contributed by atoms with Gasteiger partial charge in [-0.25, -0.2) is 4.99 Å². The summed E-state index contributed by atoms with van der Waals surface area (Å²) in [5, 5.41) is 9.69. The first-order chi connectivity index (χ1) is 12.2. The van der Waals surface area contributed by atoms with Gasteiger partial charge in [0.25, 0.3) is 0 Å². The van der Waals surface area contributed by atoms with Crippen LogP contribution in [0.3, 0.4) is 0 Å². The molecule has 26 heavy (non-hydrogen) atoms. The fraction of sp³-hybridized carbons (Fsp3) is 0.625. The van der Waals surface area contributed by atoms with Crippen LogP contribution in [0.5, 0.6) is 0 Å². The van der Waals surface area contributed by atoms with Gasteiger partial charge in [0.1, 0.15) is 11.4 Å². The lowest BCUT2D eigenvalue weighted by Crippen LogP contribution is -2.54. The zero-order chi connectivity index (χ0) is 19.1. The van der Waals surface area contributed by atoms with Gasteiger partial charge < -0.3 is 15.4 Å². The third kappa shape index (κ3) is 3.18. The van der Waals surface area contributed by atoms with Gasteiger partial charge in [-0.3, -0.25) is 10.4 Å². The molecule has 0 saturated heterocycles. The van der Waals surface area contributed by atoms with Gasteiger partial charge in [0.15, 0.2) is 0 Å². The predicted molar refractivity (Wildman–Crippen MR) is 90.3 cm³/mol. The average Bonchev–Trinajstić information content (AvgIpc) is 3.19. The fourth-order valence-electron chi connectivity index (χ4n) is 3.58. The summed E-state index contributed by atoms with van der Waals surface area (Å²) in [5.41, 5.74) is 6.51. The standard InChI is InChI=1S/C16H23F3N6O/c1-9-11(8-25(24-9)12-5-4-6-13(12)26-3)16(20)22-7-10(15(17,18)19)14(21-2)23-16/h7-8,12-13,21,23H,4-6,20H2,1-3H3. The molecular formula is C16H23F3N6O. The summed E-state index contributed by atoms with van der Waals surface area (Å²) in [5.74, 6) is -1.76. The number of nitrogens with zero attached hydrogens (tertiary/aromatic N) is 3. The van der Waals surface area contributed by atoms with Gasteiger partial charge in [-0.1, -0.05) is 0 Å². The summed E-state index contributed by atoms with van der Waals surface area (Å²) >= 11 is 0. The fourth-order valence-corrected chi connectivity index (χ4v) is 3.58. The Morgan fingerprint density at radius 2 is 2.15 bits per heavy atom. The molecule has 0 radical (unpaired) electrons. The minimum Gasteiger partial charge on any atom is -0.379 e. The molecule has 0 aromatic carbocycles. The molecule has 1 fully saturated rings. The normalized spacial score (nSPS) is 29.2. The zero-order valence-electron chi connectivity index (χ0n) is 14.9. The van der Waals surface area contributed by atoms with Gasteiger partial charge in [-0.05, 0) is 26.2 Å². The van der Waals surface area contributed by atoms with Crippen LogP contribution < -0.4 is 16.4 Å². The molecule has 2 heterocycles. The lowest BCUT2D eigenvalue weighted by molar-refractivity contribution is -0.0875. The maximum absolute atomic E-state index is 13.1. The number of hydrogen-bond acceptors (Lipinski definition) is 6. The molecule has 1 aromatic heterocycles. The minimum atomic E-state index is -4.54. The van der Waals surface area contributed by atoms with Crippen molar-refractivity contribution in [1.29, 1.82) is 0 Å². The Bertz CT molecular complexity index is 741. The average molecular weight is 372 g/mol. The molecule has 144 valence electrons. The monoisotopic (exact) mass is 372 g/mol. The predicted octanol–water partition coefficient (Wildman–Crippen LogP) is 1.67. The minimum absolute atomic E-state index is 0.0586. The van der Waals surface area contributed by atoms with Crippen LogP contribution in [0.15, 0.2) is 22.6 Å². The van der Waals surface area contributed by atoms with Crippen molar-refractivity contribution in [3.8, 4) is 0 Å². The van der Waals surface area contributed by atoms with Crippen LogP contribution >= 0.6 is 0 Å². The number of rotatable bonds is 4. The number of allylic oxidation sites excluding steroid dienone is 1. The van der Waals surface area contributed by atoms with Gasteiger partial charge in [-0.15, -0.1) is 0 Å². The highest BCUT2D eigenvalue weighted by Gasteiger charge is 2.42. The van der Waals surface area contributed by atoms with Gasteiger partial charge in [0, 0.05) is 26.6 Å². The topological polar surface area (TPSA) is 89.5 Å². The second-order valence-electron chi connectivity index (χ2n) is 6.57. The van der Waals surface area contributed by atoms with Crippen LogP contribution in [-0.4, -0.2) is 42.4 Å². The molecule has 3 atom stereocenters. The first-order valence-corrected chi connectivity index (χ1v) is 8.40. The van der Waals surface area contributed by atoms with E-state index in [9.17, 15) is 13.2 Å². The molecule has 2 aliphatic rings. The summed E-state index contributed by atoms with van der Waals surface area (Å²) in [7, 11) is 3.06. The van der Waals surface area contributed by atoms with Crippen molar-refractivity contribution >= 4 is 6.21 Å². The van der Waals surface area contributed by atoms with E-state index in [2.05, 4.69) is 20.7 Å². The smallest absolute Gasteiger partial charge is 0.379 e. The highest BCUT2D eigenvalue weighted by atomic mass is 19.4. The molecule has 3 rings (SSSR count). The van der Waals surface area contributed by atoms with Crippen LogP contribution in [0.25, 0.3) is 0 Å². The van der Waals surface area contributed by atoms with Crippen molar-refractivity contribution < 1.29 is 17.9 Å². The Labute approximate surface area is 149 Å². The van der Waals surface area contributed by atoms with Crippen molar-refractivity contribution in [2.24, 2.45) is 10.7 Å². The Morgan fingerprint density at radius 3 is 2.77 bits per heavy atom. The molecular weight excluding hydrogens is 349 g/mol. The van der Waals surface area contributed by atoms with E-state index in [-0.39, 0.29) is 18.0 Å². The molecule has 10 heteroatoms. The Kier molecular flexibility index (Phi) is 4.74. The number of nitrogens with one attached hydrogen (secondary N) is 2. The number of aryl methyl sites for hydroxylation is 1. The highest BCUT2D eigenvalue weighted by Crippen LogP contribution is 2.35. The number of nitrogens with two attached hydrogens (primary N) is 1. The summed E-state index contributed by atoms with van der Waals surface area (Å²) in [6, 6.07) is 0.0775. The molecule has 1 aliphatic carbocycles. The maximum atomic E-state index is 13.1. The van der Waals surface area contributed by atoms with Crippen LogP contribution in [0.4, 0.5) is 13.2 Å². The molecule has 7 nitrogen and oxygen atoms in total. The highest BCUT2D eigenvalue weighted by molar-refractivity contribution is 5.82. The van der Waals surface area contributed by atoms with Gasteiger partial charge >= 0.3 is 6.18 Å². The number of halogens is 3. The van der Waals surface area contributed by atoms with Crippen LogP contribution in [0.1, 0.15) is 36.6 Å². The van der Waals surface area contributed by atoms with Crippen LogP contribution in [-0.2, 0) is 10.5 Å². The van der Waals surface area contributed by atoms with E-state index in [0.717, 1.165) is 25.5 Å². The molecule has 0 amide bonds. The quantitative estimate of drug-likeness (QED) is 0.748. The molecule has 0 bridgehead atoms. The largest absolute Gasteiger partial charge is 0.421 e. The van der Waals surface area contributed by atoms with E-state index in [0.29, 0.717) is 11.3 Å². The molecule has 1 aromatic rings. The van der Waals surface area contributed by atoms with Gasteiger partial charge in [0.2, 0.25) is 5.79 Å². The number of methoxy groups -OCH3 is 1. The maximum Gasteiger partial charge on any atom is 0.421 e. The number of aromatic nitrogens is 2. The molecule has 3 unspecified atom stereocenters. The molecule has 0 spiro atoms. The number of alkyl halides is 3. The first-order valence-electron chi connectivity index (χ1n) is 8.40. The van der Waals surface area contributed by atoms with Crippen molar-refractivity contribution in [2.75, 3.05) is 14.2 Å². The van der Waals surface area contributed by atoms with Gasteiger partial charge in [-0.2, -0.15) is 18.3 Å². The summed E-state index contributed by atoms with van der Waals surface area (Å²) in [6.07, 6.45) is 0.922. The number of aliphatic imine (C=N–C) groups is 1.